The van der Waals surface area contributed by atoms with Crippen LogP contribution in [0.2, 0.25) is 0 Å². The molecule has 100 valence electrons. The SMILES string of the molecule is COC(=O)/C=C1\N(c2ccccc2)C(=O)NC1(C)C. The van der Waals surface area contributed by atoms with Gasteiger partial charge in [0.25, 0.3) is 0 Å². The summed E-state index contributed by atoms with van der Waals surface area (Å²) >= 11 is 0. The van der Waals surface area contributed by atoms with Crippen LogP contribution in [0.4, 0.5) is 10.5 Å². The Balaban J connectivity index is 2.48. The highest BCUT2D eigenvalue weighted by Gasteiger charge is 2.41. The second kappa shape index (κ2) is 4.76. The molecule has 0 spiro atoms. The van der Waals surface area contributed by atoms with Crippen LogP contribution in [-0.2, 0) is 9.53 Å². The van der Waals surface area contributed by atoms with Gasteiger partial charge >= 0.3 is 12.0 Å². The molecule has 0 saturated carbocycles. The minimum atomic E-state index is -0.624. The minimum Gasteiger partial charge on any atom is -0.466 e. The highest BCUT2D eigenvalue weighted by Crippen LogP contribution is 2.32. The molecule has 0 aromatic heterocycles. The Kier molecular flexibility index (Phi) is 3.29. The number of amides is 2. The molecule has 1 aliphatic heterocycles. The maximum atomic E-state index is 12.1. The van der Waals surface area contributed by atoms with E-state index in [4.69, 9.17) is 0 Å². The second-order valence-electron chi connectivity index (χ2n) is 4.78. The molecule has 1 N–H and O–H groups in total. The second-order valence-corrected chi connectivity index (χ2v) is 4.78. The molecule has 0 atom stereocenters. The van der Waals surface area contributed by atoms with Crippen molar-refractivity contribution in [3.63, 3.8) is 0 Å². The molecular weight excluding hydrogens is 244 g/mol. The number of hydrogen-bond donors (Lipinski definition) is 1. The fraction of sp³-hybridized carbons (Fsp3) is 0.286. The standard InChI is InChI=1S/C14H16N2O3/c1-14(2)11(9-12(17)19-3)16(13(18)15-14)10-7-5-4-6-8-10/h4-9H,1-3H3,(H,15,18)/b11-9-. The lowest BCUT2D eigenvalue weighted by atomic mass is 10.0. The van der Waals surface area contributed by atoms with E-state index >= 15 is 0 Å². The smallest absolute Gasteiger partial charge is 0.332 e. The Bertz CT molecular complexity index is 535. The number of nitrogens with zero attached hydrogens (tertiary/aromatic N) is 1. The van der Waals surface area contributed by atoms with Crippen LogP contribution >= 0.6 is 0 Å². The molecule has 2 rings (SSSR count). The maximum absolute atomic E-state index is 12.1. The van der Waals surface area contributed by atoms with E-state index in [9.17, 15) is 9.59 Å². The molecule has 1 saturated heterocycles. The number of rotatable bonds is 2. The van der Waals surface area contributed by atoms with Crippen molar-refractivity contribution < 1.29 is 14.3 Å². The van der Waals surface area contributed by atoms with Gasteiger partial charge in [0.05, 0.1) is 24.0 Å². The zero-order chi connectivity index (χ0) is 14.0. The van der Waals surface area contributed by atoms with E-state index in [1.165, 1.54) is 18.1 Å². The zero-order valence-corrected chi connectivity index (χ0v) is 11.1. The summed E-state index contributed by atoms with van der Waals surface area (Å²) in [6.07, 6.45) is 1.34. The van der Waals surface area contributed by atoms with E-state index < -0.39 is 11.5 Å². The first-order valence-electron chi connectivity index (χ1n) is 5.93. The predicted molar refractivity (Wildman–Crippen MR) is 71.6 cm³/mol. The number of para-hydroxylation sites is 1. The van der Waals surface area contributed by atoms with Gasteiger partial charge in [-0.3, -0.25) is 4.90 Å². The van der Waals surface area contributed by atoms with Crippen LogP contribution in [0.3, 0.4) is 0 Å². The van der Waals surface area contributed by atoms with Crippen molar-refractivity contribution in [2.24, 2.45) is 0 Å². The summed E-state index contributed by atoms with van der Waals surface area (Å²) in [4.78, 5) is 25.1. The number of carbonyl (C=O) groups excluding carboxylic acids is 2. The quantitative estimate of drug-likeness (QED) is 0.654. The van der Waals surface area contributed by atoms with Crippen LogP contribution in [0.15, 0.2) is 42.1 Å². The third-order valence-corrected chi connectivity index (χ3v) is 2.97. The third-order valence-electron chi connectivity index (χ3n) is 2.97. The molecule has 1 aliphatic rings. The average Bonchev–Trinajstić information content (AvgIpc) is 2.60. The third kappa shape index (κ3) is 2.45. The summed E-state index contributed by atoms with van der Waals surface area (Å²) < 4.78 is 4.64. The van der Waals surface area contributed by atoms with Gasteiger partial charge in [-0.05, 0) is 26.0 Å². The Hall–Kier alpha value is -2.30. The Labute approximate surface area is 111 Å². The van der Waals surface area contributed by atoms with Gasteiger partial charge in [-0.2, -0.15) is 0 Å². The normalized spacial score (nSPS) is 19.4. The van der Waals surface area contributed by atoms with Crippen LogP contribution in [0.25, 0.3) is 0 Å². The maximum Gasteiger partial charge on any atom is 0.332 e. The van der Waals surface area contributed by atoms with E-state index in [-0.39, 0.29) is 6.03 Å². The van der Waals surface area contributed by atoms with E-state index in [2.05, 4.69) is 10.1 Å². The van der Waals surface area contributed by atoms with Crippen molar-refractivity contribution in [1.82, 2.24) is 5.32 Å². The van der Waals surface area contributed by atoms with Gasteiger partial charge in [-0.1, -0.05) is 18.2 Å². The van der Waals surface area contributed by atoms with Gasteiger partial charge in [0, 0.05) is 6.08 Å². The zero-order valence-electron chi connectivity index (χ0n) is 11.1. The summed E-state index contributed by atoms with van der Waals surface area (Å²) in [5.74, 6) is -0.486. The van der Waals surface area contributed by atoms with Gasteiger partial charge in [-0.15, -0.1) is 0 Å². The van der Waals surface area contributed by atoms with Gasteiger partial charge in [-0.25, -0.2) is 9.59 Å². The fourth-order valence-electron chi connectivity index (χ4n) is 2.03. The summed E-state index contributed by atoms with van der Waals surface area (Å²) in [6, 6.07) is 8.91. The lowest BCUT2D eigenvalue weighted by molar-refractivity contribution is -0.134. The molecule has 1 heterocycles. The lowest BCUT2D eigenvalue weighted by Crippen LogP contribution is -2.35. The van der Waals surface area contributed by atoms with Crippen LogP contribution in [0.1, 0.15) is 13.8 Å². The first-order chi connectivity index (χ1) is 8.95. The Morgan fingerprint density at radius 2 is 1.95 bits per heavy atom. The van der Waals surface area contributed by atoms with E-state index in [0.717, 1.165) is 0 Å². The number of ether oxygens (including phenoxy) is 1. The topological polar surface area (TPSA) is 58.6 Å². The molecule has 0 bridgehead atoms. The Morgan fingerprint density at radius 1 is 1.32 bits per heavy atom. The minimum absolute atomic E-state index is 0.258. The number of esters is 1. The van der Waals surface area contributed by atoms with Crippen molar-refractivity contribution in [3.8, 4) is 0 Å². The number of benzene rings is 1. The molecule has 0 unspecified atom stereocenters. The average molecular weight is 260 g/mol. The van der Waals surface area contributed by atoms with Gasteiger partial charge in [0.1, 0.15) is 0 Å². The van der Waals surface area contributed by atoms with Crippen LogP contribution in [0, 0.1) is 0 Å². The van der Waals surface area contributed by atoms with Gasteiger partial charge in [0.2, 0.25) is 0 Å². The molecular formula is C14H16N2O3. The lowest BCUT2D eigenvalue weighted by Gasteiger charge is -2.22. The molecule has 0 aliphatic carbocycles. The number of methoxy groups -OCH3 is 1. The number of nitrogens with one attached hydrogen (secondary N) is 1. The highest BCUT2D eigenvalue weighted by atomic mass is 16.5. The molecule has 1 fully saturated rings. The number of hydrogen-bond acceptors (Lipinski definition) is 3. The fourth-order valence-corrected chi connectivity index (χ4v) is 2.03. The summed E-state index contributed by atoms with van der Waals surface area (Å²) in [5, 5.41) is 2.83. The molecule has 5 heteroatoms. The predicted octanol–water partition coefficient (Wildman–Crippen LogP) is 2.05. The van der Waals surface area contributed by atoms with Crippen molar-refractivity contribution in [2.75, 3.05) is 12.0 Å². The Morgan fingerprint density at radius 3 is 2.53 bits per heavy atom. The van der Waals surface area contributed by atoms with E-state index in [1.807, 2.05) is 44.2 Å². The van der Waals surface area contributed by atoms with Crippen LogP contribution < -0.4 is 10.2 Å². The van der Waals surface area contributed by atoms with Crippen molar-refractivity contribution in [1.29, 1.82) is 0 Å². The van der Waals surface area contributed by atoms with E-state index in [1.54, 1.807) is 0 Å². The van der Waals surface area contributed by atoms with Gasteiger partial charge < -0.3 is 10.1 Å². The number of anilines is 1. The summed E-state index contributed by atoms with van der Waals surface area (Å²) in [6.45, 7) is 3.67. The summed E-state index contributed by atoms with van der Waals surface area (Å²) in [5.41, 5.74) is 0.650. The number of urea groups is 1. The molecule has 1 aromatic rings. The van der Waals surface area contributed by atoms with Crippen molar-refractivity contribution in [2.45, 2.75) is 19.4 Å². The van der Waals surface area contributed by atoms with Crippen molar-refractivity contribution >= 4 is 17.7 Å². The van der Waals surface area contributed by atoms with E-state index in [0.29, 0.717) is 11.4 Å². The molecule has 1 aromatic carbocycles. The number of carbonyl (C=O) groups is 2. The van der Waals surface area contributed by atoms with Gasteiger partial charge in [0.15, 0.2) is 0 Å². The summed E-state index contributed by atoms with van der Waals surface area (Å²) in [7, 11) is 1.31. The molecule has 19 heavy (non-hydrogen) atoms. The van der Waals surface area contributed by atoms with Crippen LogP contribution in [-0.4, -0.2) is 24.6 Å². The molecule has 2 amide bonds. The molecule has 0 radical (unpaired) electrons. The van der Waals surface area contributed by atoms with Crippen molar-refractivity contribution in [3.05, 3.63) is 42.1 Å². The highest BCUT2D eigenvalue weighted by molar-refractivity contribution is 6.01. The first-order valence-corrected chi connectivity index (χ1v) is 5.93. The monoisotopic (exact) mass is 260 g/mol. The van der Waals surface area contributed by atoms with Crippen LogP contribution in [0.5, 0.6) is 0 Å². The first kappa shape index (κ1) is 13.1. The molecule has 5 nitrogen and oxygen atoms in total. The largest absolute Gasteiger partial charge is 0.466 e.